The first-order valence-corrected chi connectivity index (χ1v) is 7.49. The number of aromatic nitrogens is 2. The zero-order valence-electron chi connectivity index (χ0n) is 10.9. The van der Waals surface area contributed by atoms with Gasteiger partial charge in [0.05, 0.1) is 15.7 Å². The van der Waals surface area contributed by atoms with Crippen molar-refractivity contribution in [3.8, 4) is 11.3 Å². The van der Waals surface area contributed by atoms with E-state index in [1.165, 1.54) is 0 Å². The van der Waals surface area contributed by atoms with E-state index >= 15 is 0 Å². The van der Waals surface area contributed by atoms with E-state index in [1.807, 2.05) is 42.6 Å². The van der Waals surface area contributed by atoms with Gasteiger partial charge < -0.3 is 4.98 Å². The molecule has 2 aromatic carbocycles. The number of nitrogens with zero attached hydrogens (tertiary/aromatic N) is 1. The second-order valence-electron chi connectivity index (χ2n) is 4.67. The monoisotopic (exact) mass is 336 g/mol. The van der Waals surface area contributed by atoms with Gasteiger partial charge in [-0.05, 0) is 29.8 Å². The van der Waals surface area contributed by atoms with Crippen LogP contribution in [0.1, 0.15) is 11.4 Å². The fraction of sp³-hybridized carbons (Fsp3) is 0.0625. The van der Waals surface area contributed by atoms with Crippen LogP contribution in [0, 0.1) is 0 Å². The largest absolute Gasteiger partial charge is 0.348 e. The number of rotatable bonds is 3. The maximum absolute atomic E-state index is 6.02. The molecule has 0 fully saturated rings. The maximum atomic E-state index is 6.02. The number of hydrogen-bond donors (Lipinski definition) is 1. The smallest absolute Gasteiger partial charge is 0.111 e. The summed E-state index contributed by atoms with van der Waals surface area (Å²) in [5, 5.41) is 1.80. The van der Waals surface area contributed by atoms with E-state index in [2.05, 4.69) is 9.97 Å². The number of nitrogens with one attached hydrogen (secondary N) is 1. The van der Waals surface area contributed by atoms with Crippen molar-refractivity contribution in [1.82, 2.24) is 9.97 Å². The van der Waals surface area contributed by atoms with Crippen LogP contribution in [0.15, 0.2) is 48.7 Å². The fourth-order valence-corrected chi connectivity index (χ4v) is 2.60. The van der Waals surface area contributed by atoms with Crippen LogP contribution < -0.4 is 0 Å². The van der Waals surface area contributed by atoms with Gasteiger partial charge in [-0.15, -0.1) is 0 Å². The second-order valence-corrected chi connectivity index (χ2v) is 5.92. The van der Waals surface area contributed by atoms with Crippen molar-refractivity contribution >= 4 is 34.8 Å². The molecule has 2 nitrogen and oxygen atoms in total. The van der Waals surface area contributed by atoms with Gasteiger partial charge in [0.25, 0.3) is 0 Å². The molecular formula is C16H11Cl3N2. The molecule has 0 aliphatic heterocycles. The van der Waals surface area contributed by atoms with Crippen molar-refractivity contribution in [3.05, 3.63) is 75.1 Å². The van der Waals surface area contributed by atoms with Gasteiger partial charge in [0.2, 0.25) is 0 Å². The molecule has 1 heterocycles. The first-order chi connectivity index (χ1) is 10.1. The van der Waals surface area contributed by atoms with Gasteiger partial charge in [-0.1, -0.05) is 53.0 Å². The third kappa shape index (κ3) is 3.41. The van der Waals surface area contributed by atoms with Crippen molar-refractivity contribution in [1.29, 1.82) is 0 Å². The summed E-state index contributed by atoms with van der Waals surface area (Å²) in [6, 6.07) is 13.2. The van der Waals surface area contributed by atoms with Crippen LogP contribution in [0.3, 0.4) is 0 Å². The molecule has 0 aliphatic carbocycles. The van der Waals surface area contributed by atoms with Crippen molar-refractivity contribution in [2.24, 2.45) is 0 Å². The number of aromatic amines is 1. The average Bonchev–Trinajstić information content (AvgIpc) is 2.91. The van der Waals surface area contributed by atoms with E-state index in [0.717, 1.165) is 22.6 Å². The lowest BCUT2D eigenvalue weighted by atomic mass is 10.1. The van der Waals surface area contributed by atoms with Gasteiger partial charge in [0.1, 0.15) is 5.82 Å². The van der Waals surface area contributed by atoms with Crippen LogP contribution in [0.4, 0.5) is 0 Å². The normalized spacial score (nSPS) is 10.8. The van der Waals surface area contributed by atoms with Crippen LogP contribution in [0.2, 0.25) is 15.1 Å². The molecule has 0 aliphatic rings. The van der Waals surface area contributed by atoms with Crippen LogP contribution in [0.25, 0.3) is 11.3 Å². The predicted molar refractivity (Wildman–Crippen MR) is 88.3 cm³/mol. The molecule has 0 saturated heterocycles. The molecular weight excluding hydrogens is 327 g/mol. The van der Waals surface area contributed by atoms with Gasteiger partial charge in [-0.3, -0.25) is 0 Å². The highest BCUT2D eigenvalue weighted by atomic mass is 35.5. The lowest BCUT2D eigenvalue weighted by Crippen LogP contribution is -1.91. The van der Waals surface area contributed by atoms with Gasteiger partial charge >= 0.3 is 0 Å². The molecule has 0 bridgehead atoms. The Labute approximate surface area is 137 Å². The number of H-pyrrole nitrogens is 1. The summed E-state index contributed by atoms with van der Waals surface area (Å²) in [4.78, 5) is 7.75. The van der Waals surface area contributed by atoms with E-state index in [9.17, 15) is 0 Å². The SMILES string of the molecule is Clc1cccc(-c2c[nH]c(Cc3ccc(Cl)c(Cl)c3)n2)c1. The molecule has 0 amide bonds. The molecule has 0 atom stereocenters. The Morgan fingerprint density at radius 2 is 1.81 bits per heavy atom. The van der Waals surface area contributed by atoms with Gasteiger partial charge in [0, 0.05) is 23.2 Å². The molecule has 3 aromatic rings. The summed E-state index contributed by atoms with van der Waals surface area (Å²) in [6.07, 6.45) is 2.54. The summed E-state index contributed by atoms with van der Waals surface area (Å²) in [5.74, 6) is 0.864. The molecule has 0 saturated carbocycles. The Morgan fingerprint density at radius 1 is 0.952 bits per heavy atom. The third-order valence-corrected chi connectivity index (χ3v) is 4.08. The Morgan fingerprint density at radius 3 is 2.57 bits per heavy atom. The molecule has 106 valence electrons. The molecule has 1 aromatic heterocycles. The molecule has 1 N–H and O–H groups in total. The second kappa shape index (κ2) is 6.10. The van der Waals surface area contributed by atoms with Gasteiger partial charge in [-0.2, -0.15) is 0 Å². The van der Waals surface area contributed by atoms with Gasteiger partial charge in [-0.25, -0.2) is 4.98 Å². The zero-order valence-corrected chi connectivity index (χ0v) is 13.2. The van der Waals surface area contributed by atoms with E-state index in [-0.39, 0.29) is 0 Å². The molecule has 0 radical (unpaired) electrons. The summed E-state index contributed by atoms with van der Waals surface area (Å²) in [7, 11) is 0. The Balaban J connectivity index is 1.83. The minimum Gasteiger partial charge on any atom is -0.348 e. The van der Waals surface area contributed by atoms with Crippen LogP contribution >= 0.6 is 34.8 Å². The van der Waals surface area contributed by atoms with Crippen LogP contribution in [-0.4, -0.2) is 9.97 Å². The minimum atomic E-state index is 0.552. The van der Waals surface area contributed by atoms with Crippen molar-refractivity contribution in [3.63, 3.8) is 0 Å². The van der Waals surface area contributed by atoms with E-state index < -0.39 is 0 Å². The summed E-state index contributed by atoms with van der Waals surface area (Å²) in [6.45, 7) is 0. The molecule has 5 heteroatoms. The molecule has 3 rings (SSSR count). The van der Waals surface area contributed by atoms with E-state index in [1.54, 1.807) is 6.07 Å². The van der Waals surface area contributed by atoms with Crippen molar-refractivity contribution in [2.75, 3.05) is 0 Å². The van der Waals surface area contributed by atoms with Crippen molar-refractivity contribution in [2.45, 2.75) is 6.42 Å². The maximum Gasteiger partial charge on any atom is 0.111 e. The zero-order chi connectivity index (χ0) is 14.8. The molecule has 21 heavy (non-hydrogen) atoms. The standard InChI is InChI=1S/C16H11Cl3N2/c17-12-3-1-2-11(8-12)15-9-20-16(21-15)7-10-4-5-13(18)14(19)6-10/h1-6,8-9H,7H2,(H,20,21). The highest BCUT2D eigenvalue weighted by Crippen LogP contribution is 2.25. The summed E-state index contributed by atoms with van der Waals surface area (Å²) in [5.41, 5.74) is 2.91. The first kappa shape index (κ1) is 14.5. The fourth-order valence-electron chi connectivity index (χ4n) is 2.09. The summed E-state index contributed by atoms with van der Waals surface area (Å²) < 4.78 is 0. The Bertz CT molecular complexity index is 781. The number of hydrogen-bond acceptors (Lipinski definition) is 1. The van der Waals surface area contributed by atoms with E-state index in [0.29, 0.717) is 21.5 Å². The highest BCUT2D eigenvalue weighted by molar-refractivity contribution is 6.42. The van der Waals surface area contributed by atoms with E-state index in [4.69, 9.17) is 34.8 Å². The Hall–Kier alpha value is -1.48. The third-order valence-electron chi connectivity index (χ3n) is 3.11. The minimum absolute atomic E-state index is 0.552. The number of imidazole rings is 1. The lowest BCUT2D eigenvalue weighted by molar-refractivity contribution is 1.03. The van der Waals surface area contributed by atoms with Gasteiger partial charge in [0.15, 0.2) is 0 Å². The lowest BCUT2D eigenvalue weighted by Gasteiger charge is -2.01. The molecule has 0 unspecified atom stereocenters. The average molecular weight is 338 g/mol. The molecule has 0 spiro atoms. The quantitative estimate of drug-likeness (QED) is 0.659. The van der Waals surface area contributed by atoms with Crippen LogP contribution in [-0.2, 0) is 6.42 Å². The first-order valence-electron chi connectivity index (χ1n) is 6.36. The number of benzene rings is 2. The predicted octanol–water partition coefficient (Wildman–Crippen LogP) is 5.63. The highest BCUT2D eigenvalue weighted by Gasteiger charge is 2.06. The summed E-state index contributed by atoms with van der Waals surface area (Å²) >= 11 is 17.9. The number of halogens is 3. The van der Waals surface area contributed by atoms with Crippen LogP contribution in [0.5, 0.6) is 0 Å². The Kier molecular flexibility index (Phi) is 4.20. The van der Waals surface area contributed by atoms with Crippen molar-refractivity contribution < 1.29 is 0 Å². The topological polar surface area (TPSA) is 28.7 Å².